The summed E-state index contributed by atoms with van der Waals surface area (Å²) < 4.78 is 0. The van der Waals surface area contributed by atoms with Crippen molar-refractivity contribution in [3.8, 4) is 0 Å². The molecule has 2 N–H and O–H groups in total. The molecule has 8 nitrogen and oxygen atoms in total. The molecule has 1 fully saturated rings. The number of nitrogens with zero attached hydrogens (tertiary/aromatic N) is 3. The Kier molecular flexibility index (Phi) is 4.95. The Morgan fingerprint density at radius 1 is 1.22 bits per heavy atom. The number of piperazine rings is 1. The Morgan fingerprint density at radius 2 is 1.87 bits per heavy atom. The van der Waals surface area contributed by atoms with Crippen molar-refractivity contribution in [1.82, 2.24) is 9.91 Å². The second-order valence-corrected chi connectivity index (χ2v) is 5.07. The third-order valence-electron chi connectivity index (χ3n) is 3.61. The van der Waals surface area contributed by atoms with Crippen molar-refractivity contribution in [3.63, 3.8) is 0 Å². The number of rotatable bonds is 6. The van der Waals surface area contributed by atoms with Crippen molar-refractivity contribution in [2.75, 3.05) is 24.6 Å². The number of carbonyl (C=O) groups excluding carboxylic acids is 4. The smallest absolute Gasteiger partial charge is 0.331 e. The number of likely N-dealkylation sites (N-methyl/N-ethyl adjacent to an activating group) is 1. The van der Waals surface area contributed by atoms with E-state index in [2.05, 4.69) is 0 Å². The monoisotopic (exact) mass is 318 g/mol. The molecule has 1 aliphatic rings. The molecule has 1 aromatic rings. The molecule has 0 saturated carbocycles. The minimum absolute atomic E-state index is 0.0912. The molecule has 122 valence electrons. The van der Waals surface area contributed by atoms with E-state index in [1.807, 2.05) is 0 Å². The maximum atomic E-state index is 12.2. The van der Waals surface area contributed by atoms with E-state index in [1.54, 1.807) is 31.2 Å². The van der Waals surface area contributed by atoms with E-state index in [1.165, 1.54) is 4.90 Å². The summed E-state index contributed by atoms with van der Waals surface area (Å²) in [6.07, 6.45) is 0.573. The fourth-order valence-electron chi connectivity index (χ4n) is 2.40. The highest BCUT2D eigenvalue weighted by molar-refractivity contribution is 6.36. The minimum atomic E-state index is -0.744. The largest absolute Gasteiger partial charge is 0.369 e. The van der Waals surface area contributed by atoms with Gasteiger partial charge in [0.25, 0.3) is 0 Å². The fourth-order valence-corrected chi connectivity index (χ4v) is 2.40. The van der Waals surface area contributed by atoms with Gasteiger partial charge >= 0.3 is 11.8 Å². The fraction of sp³-hybridized carbons (Fsp3) is 0.333. The van der Waals surface area contributed by atoms with Gasteiger partial charge in [-0.15, -0.1) is 0 Å². The summed E-state index contributed by atoms with van der Waals surface area (Å²) in [5, 5.41) is 2.21. The standard InChI is InChI=1S/C15H18N4O4/c1-2-17-7-8-18(15(23)14(17)22)19(10-20)12-5-3-11(4-6-12)9-13(16)21/h3-6,10H,2,7-9H2,1H3,(H2,16,21). The first-order valence-electron chi connectivity index (χ1n) is 7.20. The molecule has 1 heterocycles. The van der Waals surface area contributed by atoms with Crippen LogP contribution >= 0.6 is 0 Å². The molecule has 0 unspecified atom stereocenters. The van der Waals surface area contributed by atoms with Crippen LogP contribution in [-0.2, 0) is 25.6 Å². The molecule has 1 aliphatic heterocycles. The minimum Gasteiger partial charge on any atom is -0.369 e. The van der Waals surface area contributed by atoms with Crippen LogP contribution < -0.4 is 10.7 Å². The van der Waals surface area contributed by atoms with Crippen molar-refractivity contribution in [2.45, 2.75) is 13.3 Å². The van der Waals surface area contributed by atoms with E-state index in [4.69, 9.17) is 5.73 Å². The molecule has 4 amide bonds. The number of anilines is 1. The maximum Gasteiger partial charge on any atom is 0.331 e. The summed E-state index contributed by atoms with van der Waals surface area (Å²) >= 11 is 0. The van der Waals surface area contributed by atoms with Gasteiger partial charge in [0.1, 0.15) is 0 Å². The lowest BCUT2D eigenvalue weighted by Crippen LogP contribution is -2.59. The van der Waals surface area contributed by atoms with E-state index >= 15 is 0 Å². The first-order chi connectivity index (χ1) is 11.0. The van der Waals surface area contributed by atoms with E-state index in [0.29, 0.717) is 30.8 Å². The summed E-state index contributed by atoms with van der Waals surface area (Å²) in [7, 11) is 0. The highest BCUT2D eigenvalue weighted by Crippen LogP contribution is 2.18. The summed E-state index contributed by atoms with van der Waals surface area (Å²) in [6, 6.07) is 6.48. The second-order valence-electron chi connectivity index (χ2n) is 5.07. The average Bonchev–Trinajstić information content (AvgIpc) is 2.53. The predicted octanol–water partition coefficient (Wildman–Crippen LogP) is -0.717. The zero-order valence-corrected chi connectivity index (χ0v) is 12.8. The SMILES string of the molecule is CCN1CCN(N(C=O)c2ccc(CC(N)=O)cc2)C(=O)C1=O. The topological polar surface area (TPSA) is 104 Å². The quantitative estimate of drug-likeness (QED) is 0.552. The number of primary amides is 1. The molecule has 1 aromatic carbocycles. The van der Waals surface area contributed by atoms with Crippen molar-refractivity contribution in [1.29, 1.82) is 0 Å². The number of hydrogen-bond acceptors (Lipinski definition) is 4. The van der Waals surface area contributed by atoms with Crippen molar-refractivity contribution < 1.29 is 19.2 Å². The number of benzene rings is 1. The van der Waals surface area contributed by atoms with Gasteiger partial charge in [-0.1, -0.05) is 12.1 Å². The molecule has 0 bridgehead atoms. The molecular formula is C15H18N4O4. The van der Waals surface area contributed by atoms with Gasteiger partial charge in [0.05, 0.1) is 18.7 Å². The molecule has 1 saturated heterocycles. The van der Waals surface area contributed by atoms with Gasteiger partial charge in [-0.05, 0) is 24.6 Å². The van der Waals surface area contributed by atoms with Crippen LogP contribution in [0.1, 0.15) is 12.5 Å². The zero-order chi connectivity index (χ0) is 17.0. The number of carbonyl (C=O) groups is 4. The van der Waals surface area contributed by atoms with Gasteiger partial charge in [0, 0.05) is 13.1 Å². The molecular weight excluding hydrogens is 300 g/mol. The average molecular weight is 318 g/mol. The van der Waals surface area contributed by atoms with Gasteiger partial charge in [0.2, 0.25) is 12.3 Å². The van der Waals surface area contributed by atoms with Gasteiger partial charge in [0.15, 0.2) is 0 Å². The van der Waals surface area contributed by atoms with Crippen molar-refractivity contribution in [3.05, 3.63) is 29.8 Å². The van der Waals surface area contributed by atoms with E-state index < -0.39 is 17.7 Å². The van der Waals surface area contributed by atoms with Gasteiger partial charge in [-0.25, -0.2) is 10.0 Å². The Hall–Kier alpha value is -2.90. The molecule has 8 heteroatoms. The molecule has 23 heavy (non-hydrogen) atoms. The number of nitrogens with two attached hydrogens (primary N) is 1. The van der Waals surface area contributed by atoms with E-state index in [0.717, 1.165) is 10.0 Å². The Morgan fingerprint density at radius 3 is 2.39 bits per heavy atom. The third kappa shape index (κ3) is 3.47. The van der Waals surface area contributed by atoms with Crippen LogP contribution in [0, 0.1) is 0 Å². The molecule has 0 aliphatic carbocycles. The second kappa shape index (κ2) is 6.91. The molecule has 0 spiro atoms. The summed E-state index contributed by atoms with van der Waals surface area (Å²) in [6.45, 7) is 2.84. The Bertz CT molecular complexity index is 629. The summed E-state index contributed by atoms with van der Waals surface area (Å²) in [5.41, 5.74) is 6.25. The zero-order valence-electron chi connectivity index (χ0n) is 12.8. The van der Waals surface area contributed by atoms with Gasteiger partial charge in [-0.3, -0.25) is 19.2 Å². The highest BCUT2D eigenvalue weighted by Gasteiger charge is 2.35. The number of amides is 4. The van der Waals surface area contributed by atoms with Gasteiger partial charge in [-0.2, -0.15) is 0 Å². The predicted molar refractivity (Wildman–Crippen MR) is 81.9 cm³/mol. The molecule has 0 atom stereocenters. The van der Waals surface area contributed by atoms with Gasteiger partial charge < -0.3 is 10.6 Å². The van der Waals surface area contributed by atoms with E-state index in [-0.39, 0.29) is 13.0 Å². The lowest BCUT2D eigenvalue weighted by Gasteiger charge is -2.37. The summed E-state index contributed by atoms with van der Waals surface area (Å²) in [5.74, 6) is -1.83. The molecule has 2 rings (SSSR count). The van der Waals surface area contributed by atoms with Crippen molar-refractivity contribution in [2.24, 2.45) is 5.73 Å². The van der Waals surface area contributed by atoms with Crippen LogP contribution in [0.3, 0.4) is 0 Å². The molecule has 0 aromatic heterocycles. The first kappa shape index (κ1) is 16.5. The normalized spacial score (nSPS) is 14.8. The first-order valence-corrected chi connectivity index (χ1v) is 7.20. The molecule has 0 radical (unpaired) electrons. The van der Waals surface area contributed by atoms with Crippen molar-refractivity contribution >= 4 is 29.8 Å². The third-order valence-corrected chi connectivity index (χ3v) is 3.61. The Balaban J connectivity index is 2.19. The van der Waals surface area contributed by atoms with Crippen LogP contribution in [0.5, 0.6) is 0 Å². The lowest BCUT2D eigenvalue weighted by atomic mass is 10.1. The van der Waals surface area contributed by atoms with E-state index in [9.17, 15) is 19.2 Å². The van der Waals surface area contributed by atoms with Crippen LogP contribution in [0.4, 0.5) is 5.69 Å². The van der Waals surface area contributed by atoms with Crippen LogP contribution in [0.15, 0.2) is 24.3 Å². The van der Waals surface area contributed by atoms with Crippen LogP contribution in [0.25, 0.3) is 0 Å². The summed E-state index contributed by atoms with van der Waals surface area (Å²) in [4.78, 5) is 47.8. The van der Waals surface area contributed by atoms with Crippen LogP contribution in [0.2, 0.25) is 0 Å². The number of hydrazine groups is 1. The maximum absolute atomic E-state index is 12.2. The number of hydrogen-bond donors (Lipinski definition) is 1. The van der Waals surface area contributed by atoms with Crippen LogP contribution in [-0.4, -0.2) is 53.7 Å². The Labute approximate surface area is 133 Å². The highest BCUT2D eigenvalue weighted by atomic mass is 16.2. The lowest BCUT2D eigenvalue weighted by molar-refractivity contribution is -0.156.